The molecule has 0 amide bonds. The van der Waals surface area contributed by atoms with E-state index in [0.717, 1.165) is 0 Å². The summed E-state index contributed by atoms with van der Waals surface area (Å²) in [5.74, 6) is -2.05. The van der Waals surface area contributed by atoms with Gasteiger partial charge in [0.15, 0.2) is 0 Å². The van der Waals surface area contributed by atoms with Crippen LogP contribution >= 0.6 is 23.2 Å². The van der Waals surface area contributed by atoms with Crippen LogP contribution in [0.5, 0.6) is 0 Å². The summed E-state index contributed by atoms with van der Waals surface area (Å²) in [5.41, 5.74) is 0.200. The summed E-state index contributed by atoms with van der Waals surface area (Å²) in [7, 11) is 0. The molecule has 0 bridgehead atoms. The van der Waals surface area contributed by atoms with Gasteiger partial charge in [0.05, 0.1) is 21.3 Å². The third-order valence-electron chi connectivity index (χ3n) is 1.82. The van der Waals surface area contributed by atoms with Crippen molar-refractivity contribution in [2.24, 2.45) is 5.10 Å². The van der Waals surface area contributed by atoms with Crippen LogP contribution < -0.4 is 5.43 Å². The molecule has 0 fully saturated rings. The van der Waals surface area contributed by atoms with Crippen molar-refractivity contribution >= 4 is 34.9 Å². The van der Waals surface area contributed by atoms with Crippen LogP contribution in [0.1, 0.15) is 5.56 Å². The Morgan fingerprint density at radius 1 is 1.16 bits per heavy atom. The Kier molecular flexibility index (Phi) is 4.92. The highest BCUT2D eigenvalue weighted by Gasteiger charge is 2.32. The second kappa shape index (κ2) is 5.87. The van der Waals surface area contributed by atoms with E-state index < -0.39 is 39.9 Å². The highest BCUT2D eigenvalue weighted by atomic mass is 35.5. The van der Waals surface area contributed by atoms with Gasteiger partial charge in [0.1, 0.15) is 0 Å². The molecular weight excluding hydrogens is 321 g/mol. The van der Waals surface area contributed by atoms with Crippen molar-refractivity contribution in [1.82, 2.24) is 0 Å². The SMILES string of the molecule is FC(=NNc1c(Cl)cc(C(F)(F)F)cc1Cl)C(F)F. The van der Waals surface area contributed by atoms with E-state index in [1.165, 1.54) is 0 Å². The van der Waals surface area contributed by atoms with E-state index in [9.17, 15) is 26.3 Å². The van der Waals surface area contributed by atoms with Crippen molar-refractivity contribution in [2.45, 2.75) is 12.6 Å². The maximum absolute atomic E-state index is 12.4. The molecule has 106 valence electrons. The molecule has 0 radical (unpaired) electrons. The normalized spacial score (nSPS) is 13.0. The van der Waals surface area contributed by atoms with Crippen LogP contribution in [0.3, 0.4) is 0 Å². The van der Waals surface area contributed by atoms with Crippen LogP contribution in [0, 0.1) is 0 Å². The molecular formula is C9H4Cl2F6N2. The smallest absolute Gasteiger partial charge is 0.273 e. The molecule has 0 spiro atoms. The summed E-state index contributed by atoms with van der Waals surface area (Å²) in [5, 5.41) is 1.53. The van der Waals surface area contributed by atoms with Crippen LogP contribution in [0.4, 0.5) is 32.0 Å². The number of hydrogen-bond donors (Lipinski definition) is 1. The Bertz CT molecular complexity index is 477. The highest BCUT2D eigenvalue weighted by molar-refractivity contribution is 6.39. The zero-order valence-corrected chi connectivity index (χ0v) is 10.2. The lowest BCUT2D eigenvalue weighted by Gasteiger charge is -2.11. The van der Waals surface area contributed by atoms with Crippen molar-refractivity contribution in [2.75, 3.05) is 5.43 Å². The van der Waals surface area contributed by atoms with Gasteiger partial charge in [-0.1, -0.05) is 23.2 Å². The molecule has 1 aromatic rings. The van der Waals surface area contributed by atoms with E-state index in [-0.39, 0.29) is 0 Å². The first-order chi connectivity index (χ1) is 8.62. The van der Waals surface area contributed by atoms with Crippen LogP contribution in [0.2, 0.25) is 10.0 Å². The molecule has 0 heterocycles. The van der Waals surface area contributed by atoms with Crippen molar-refractivity contribution in [1.29, 1.82) is 0 Å². The molecule has 0 aliphatic carbocycles. The molecule has 0 aliphatic rings. The first kappa shape index (κ1) is 15.9. The predicted molar refractivity (Wildman–Crippen MR) is 59.6 cm³/mol. The molecule has 0 atom stereocenters. The highest BCUT2D eigenvalue weighted by Crippen LogP contribution is 2.38. The molecule has 1 rings (SSSR count). The number of anilines is 1. The van der Waals surface area contributed by atoms with Crippen LogP contribution in [-0.2, 0) is 6.18 Å². The molecule has 0 aliphatic heterocycles. The third-order valence-corrected chi connectivity index (χ3v) is 2.42. The second-order valence-electron chi connectivity index (χ2n) is 3.16. The van der Waals surface area contributed by atoms with E-state index in [4.69, 9.17) is 23.2 Å². The predicted octanol–water partition coefficient (Wildman–Crippen LogP) is 4.97. The zero-order valence-electron chi connectivity index (χ0n) is 8.70. The van der Waals surface area contributed by atoms with Gasteiger partial charge in [0.2, 0.25) is 0 Å². The molecule has 19 heavy (non-hydrogen) atoms. The fourth-order valence-electron chi connectivity index (χ4n) is 1.00. The minimum absolute atomic E-state index is 0.410. The molecule has 0 unspecified atom stereocenters. The topological polar surface area (TPSA) is 24.4 Å². The monoisotopic (exact) mass is 324 g/mol. The largest absolute Gasteiger partial charge is 0.416 e. The van der Waals surface area contributed by atoms with E-state index in [1.54, 1.807) is 5.43 Å². The van der Waals surface area contributed by atoms with Gasteiger partial charge in [-0.2, -0.15) is 17.6 Å². The van der Waals surface area contributed by atoms with Gasteiger partial charge in [0.25, 0.3) is 5.97 Å². The quantitative estimate of drug-likeness (QED) is 0.473. The van der Waals surface area contributed by atoms with Gasteiger partial charge in [-0.25, -0.2) is 8.78 Å². The van der Waals surface area contributed by atoms with Crippen LogP contribution in [-0.4, -0.2) is 12.4 Å². The number of hydrogen-bond acceptors (Lipinski definition) is 2. The second-order valence-corrected chi connectivity index (χ2v) is 3.97. The van der Waals surface area contributed by atoms with Crippen LogP contribution in [0.25, 0.3) is 0 Å². The number of alkyl halides is 5. The molecule has 1 aromatic carbocycles. The fraction of sp³-hybridized carbons (Fsp3) is 0.222. The number of hydrazone groups is 1. The maximum atomic E-state index is 12.4. The van der Waals surface area contributed by atoms with Gasteiger partial charge in [-0.05, 0) is 12.1 Å². The molecule has 2 nitrogen and oxygen atoms in total. The lowest BCUT2D eigenvalue weighted by atomic mass is 10.2. The Morgan fingerprint density at radius 3 is 2.00 bits per heavy atom. The first-order valence-corrected chi connectivity index (χ1v) is 5.22. The standard InChI is InChI=1S/C9H4Cl2F6N2/c10-4-1-3(9(15,16)17)2-5(11)6(4)18-19-8(14)7(12)13/h1-2,7,18H. The number of halogens is 8. The van der Waals surface area contributed by atoms with Crippen molar-refractivity contribution < 1.29 is 26.3 Å². The number of rotatable bonds is 3. The van der Waals surface area contributed by atoms with Crippen LogP contribution in [0.15, 0.2) is 17.2 Å². The maximum Gasteiger partial charge on any atom is 0.416 e. The Morgan fingerprint density at radius 2 is 1.63 bits per heavy atom. The third kappa shape index (κ3) is 4.17. The number of nitrogens with one attached hydrogen (secondary N) is 1. The lowest BCUT2D eigenvalue weighted by Crippen LogP contribution is -2.08. The average Bonchev–Trinajstić information content (AvgIpc) is 2.25. The fourth-order valence-corrected chi connectivity index (χ4v) is 1.57. The summed E-state index contributed by atoms with van der Waals surface area (Å²) in [6, 6.07) is 1.01. The van der Waals surface area contributed by atoms with Gasteiger partial charge < -0.3 is 0 Å². The van der Waals surface area contributed by atoms with Gasteiger partial charge in [-0.15, -0.1) is 5.10 Å². The van der Waals surface area contributed by atoms with Crippen molar-refractivity contribution in [3.05, 3.63) is 27.7 Å². The molecule has 10 heteroatoms. The Hall–Kier alpha value is -1.15. The van der Waals surface area contributed by atoms with E-state index >= 15 is 0 Å². The Balaban J connectivity index is 3.08. The van der Waals surface area contributed by atoms with E-state index in [2.05, 4.69) is 5.10 Å². The summed E-state index contributed by atoms with van der Waals surface area (Å²) in [4.78, 5) is 0. The molecule has 1 N–H and O–H groups in total. The lowest BCUT2D eigenvalue weighted by molar-refractivity contribution is -0.137. The molecule has 0 saturated heterocycles. The molecule has 0 saturated carbocycles. The van der Waals surface area contributed by atoms with Crippen molar-refractivity contribution in [3.8, 4) is 0 Å². The summed E-state index contributed by atoms with van der Waals surface area (Å²) >= 11 is 11.0. The first-order valence-electron chi connectivity index (χ1n) is 4.46. The van der Waals surface area contributed by atoms with Gasteiger partial charge >= 0.3 is 12.6 Å². The summed E-state index contributed by atoms with van der Waals surface area (Å²) in [6.45, 7) is 0. The summed E-state index contributed by atoms with van der Waals surface area (Å²) < 4.78 is 73.1. The average molecular weight is 325 g/mol. The van der Waals surface area contributed by atoms with E-state index in [0.29, 0.717) is 12.1 Å². The zero-order chi connectivity index (χ0) is 14.8. The van der Waals surface area contributed by atoms with Gasteiger partial charge in [-0.3, -0.25) is 5.43 Å². The Labute approximate surface area is 113 Å². The minimum atomic E-state index is -4.68. The number of benzene rings is 1. The number of nitrogens with zero attached hydrogens (tertiary/aromatic N) is 1. The van der Waals surface area contributed by atoms with E-state index in [1.807, 2.05) is 0 Å². The minimum Gasteiger partial charge on any atom is -0.273 e. The molecule has 0 aromatic heterocycles. The summed E-state index contributed by atoms with van der Waals surface area (Å²) in [6.07, 6.45) is -8.14. The van der Waals surface area contributed by atoms with Gasteiger partial charge in [0, 0.05) is 0 Å². The van der Waals surface area contributed by atoms with Crippen molar-refractivity contribution in [3.63, 3.8) is 0 Å².